The summed E-state index contributed by atoms with van der Waals surface area (Å²) in [6.07, 6.45) is 1.76. The molecule has 1 aromatic rings. The SMILES string of the molecule is CC1(C)C(C(=O)O)C1C(=O)N1CCN(c2ccccn2)CC1. The van der Waals surface area contributed by atoms with Crippen LogP contribution in [0, 0.1) is 17.3 Å². The van der Waals surface area contributed by atoms with Gasteiger partial charge in [-0.05, 0) is 17.5 Å². The Morgan fingerprint density at radius 1 is 1.18 bits per heavy atom. The van der Waals surface area contributed by atoms with Crippen molar-refractivity contribution >= 4 is 17.7 Å². The van der Waals surface area contributed by atoms with Crippen LogP contribution < -0.4 is 4.90 Å². The van der Waals surface area contributed by atoms with E-state index in [4.69, 9.17) is 0 Å². The second kappa shape index (κ2) is 5.26. The minimum atomic E-state index is -0.865. The number of nitrogens with zero attached hydrogens (tertiary/aromatic N) is 3. The highest BCUT2D eigenvalue weighted by atomic mass is 16.4. The molecule has 118 valence electrons. The summed E-state index contributed by atoms with van der Waals surface area (Å²) in [4.78, 5) is 32.1. The van der Waals surface area contributed by atoms with Crippen LogP contribution in [0.4, 0.5) is 5.82 Å². The largest absolute Gasteiger partial charge is 0.481 e. The lowest BCUT2D eigenvalue weighted by Gasteiger charge is -2.35. The van der Waals surface area contributed by atoms with E-state index >= 15 is 0 Å². The molecule has 2 heterocycles. The third-order valence-corrected chi connectivity index (χ3v) is 4.92. The van der Waals surface area contributed by atoms with Crippen LogP contribution in [0.15, 0.2) is 24.4 Å². The van der Waals surface area contributed by atoms with E-state index in [-0.39, 0.29) is 11.8 Å². The molecule has 2 aliphatic rings. The number of rotatable bonds is 3. The number of carboxylic acids is 1. The van der Waals surface area contributed by atoms with E-state index in [2.05, 4.69) is 9.88 Å². The van der Waals surface area contributed by atoms with Crippen LogP contribution >= 0.6 is 0 Å². The first kappa shape index (κ1) is 14.8. The summed E-state index contributed by atoms with van der Waals surface area (Å²) >= 11 is 0. The van der Waals surface area contributed by atoms with E-state index in [0.717, 1.165) is 18.9 Å². The third kappa shape index (κ3) is 2.42. The number of carbonyl (C=O) groups excluding carboxylic acids is 1. The van der Waals surface area contributed by atoms with Crippen LogP contribution in [-0.4, -0.2) is 53.0 Å². The van der Waals surface area contributed by atoms with Gasteiger partial charge in [-0.15, -0.1) is 0 Å². The van der Waals surface area contributed by atoms with Crippen LogP contribution in [0.25, 0.3) is 0 Å². The number of aliphatic carboxylic acids is 1. The Balaban J connectivity index is 1.60. The number of pyridine rings is 1. The second-order valence-electron chi connectivity index (χ2n) is 6.62. The van der Waals surface area contributed by atoms with Gasteiger partial charge in [0.25, 0.3) is 0 Å². The molecule has 1 N–H and O–H groups in total. The summed E-state index contributed by atoms with van der Waals surface area (Å²) in [5.41, 5.74) is -0.430. The minimum Gasteiger partial charge on any atom is -0.481 e. The third-order valence-electron chi connectivity index (χ3n) is 4.92. The van der Waals surface area contributed by atoms with Crippen molar-refractivity contribution in [1.29, 1.82) is 0 Å². The molecule has 6 nitrogen and oxygen atoms in total. The molecule has 0 bridgehead atoms. The molecule has 0 radical (unpaired) electrons. The molecule has 1 aliphatic heterocycles. The summed E-state index contributed by atoms with van der Waals surface area (Å²) in [5, 5.41) is 9.21. The van der Waals surface area contributed by atoms with Crippen LogP contribution in [-0.2, 0) is 9.59 Å². The van der Waals surface area contributed by atoms with Crippen molar-refractivity contribution in [1.82, 2.24) is 9.88 Å². The summed E-state index contributed by atoms with van der Waals surface area (Å²) in [6, 6.07) is 5.79. The molecule has 0 aromatic carbocycles. The predicted octanol–water partition coefficient (Wildman–Crippen LogP) is 1.09. The summed E-state index contributed by atoms with van der Waals surface area (Å²) in [7, 11) is 0. The molecule has 2 unspecified atom stereocenters. The summed E-state index contributed by atoms with van der Waals surface area (Å²) in [6.45, 7) is 6.42. The summed E-state index contributed by atoms with van der Waals surface area (Å²) in [5.74, 6) is -0.890. The van der Waals surface area contributed by atoms with Gasteiger partial charge in [0, 0.05) is 32.4 Å². The van der Waals surface area contributed by atoms with E-state index in [1.54, 1.807) is 11.1 Å². The maximum absolute atomic E-state index is 12.6. The van der Waals surface area contributed by atoms with Crippen molar-refractivity contribution in [3.05, 3.63) is 24.4 Å². The number of aromatic nitrogens is 1. The van der Waals surface area contributed by atoms with Gasteiger partial charge in [-0.1, -0.05) is 19.9 Å². The Labute approximate surface area is 129 Å². The van der Waals surface area contributed by atoms with Crippen LogP contribution in [0.1, 0.15) is 13.8 Å². The first-order chi connectivity index (χ1) is 10.4. The molecule has 2 atom stereocenters. The van der Waals surface area contributed by atoms with E-state index in [9.17, 15) is 14.7 Å². The van der Waals surface area contributed by atoms with Gasteiger partial charge in [-0.3, -0.25) is 9.59 Å². The zero-order valence-corrected chi connectivity index (χ0v) is 12.9. The zero-order chi connectivity index (χ0) is 15.9. The first-order valence-corrected chi connectivity index (χ1v) is 7.60. The maximum atomic E-state index is 12.6. The molecule has 3 rings (SSSR count). The number of carboxylic acid groups (broad SMARTS) is 1. The monoisotopic (exact) mass is 303 g/mol. The Bertz CT molecular complexity index is 580. The smallest absolute Gasteiger partial charge is 0.307 e. The van der Waals surface area contributed by atoms with Gasteiger partial charge in [-0.2, -0.15) is 0 Å². The fraction of sp³-hybridized carbons (Fsp3) is 0.562. The molecule has 1 saturated heterocycles. The lowest BCUT2D eigenvalue weighted by molar-refractivity contribution is -0.142. The maximum Gasteiger partial charge on any atom is 0.307 e. The average molecular weight is 303 g/mol. The number of carbonyl (C=O) groups is 2. The Hall–Kier alpha value is -2.11. The van der Waals surface area contributed by atoms with Crippen LogP contribution in [0.3, 0.4) is 0 Å². The highest BCUT2D eigenvalue weighted by molar-refractivity contribution is 5.91. The molecule has 1 aromatic heterocycles. The Kier molecular flexibility index (Phi) is 3.54. The highest BCUT2D eigenvalue weighted by Crippen LogP contribution is 2.59. The van der Waals surface area contributed by atoms with Crippen LogP contribution in [0.5, 0.6) is 0 Å². The molecule has 1 saturated carbocycles. The fourth-order valence-corrected chi connectivity index (χ4v) is 3.45. The number of amides is 1. The van der Waals surface area contributed by atoms with Gasteiger partial charge in [0.2, 0.25) is 5.91 Å². The Morgan fingerprint density at radius 2 is 1.86 bits per heavy atom. The van der Waals surface area contributed by atoms with Crippen molar-refractivity contribution < 1.29 is 14.7 Å². The molecule has 22 heavy (non-hydrogen) atoms. The lowest BCUT2D eigenvalue weighted by Crippen LogP contribution is -2.50. The average Bonchev–Trinajstić information content (AvgIpc) is 3.10. The van der Waals surface area contributed by atoms with E-state index in [0.29, 0.717) is 13.1 Å². The summed E-state index contributed by atoms with van der Waals surface area (Å²) < 4.78 is 0. The minimum absolute atomic E-state index is 0.0157. The zero-order valence-electron chi connectivity index (χ0n) is 12.9. The quantitative estimate of drug-likeness (QED) is 0.905. The van der Waals surface area contributed by atoms with Gasteiger partial charge in [0.15, 0.2) is 0 Å². The van der Waals surface area contributed by atoms with Gasteiger partial charge < -0.3 is 14.9 Å². The van der Waals surface area contributed by atoms with Gasteiger partial charge >= 0.3 is 5.97 Å². The van der Waals surface area contributed by atoms with Crippen molar-refractivity contribution in [3.63, 3.8) is 0 Å². The number of hydrogen-bond donors (Lipinski definition) is 1. The molecule has 0 spiro atoms. The molecular weight excluding hydrogens is 282 g/mol. The van der Waals surface area contributed by atoms with E-state index in [1.807, 2.05) is 32.0 Å². The topological polar surface area (TPSA) is 73.7 Å². The van der Waals surface area contributed by atoms with Gasteiger partial charge in [0.05, 0.1) is 11.8 Å². The molecule has 1 aliphatic carbocycles. The first-order valence-electron chi connectivity index (χ1n) is 7.60. The number of hydrogen-bond acceptors (Lipinski definition) is 4. The standard InChI is InChI=1S/C16H21N3O3/c1-16(2)12(13(16)15(21)22)14(20)19-9-7-18(8-10-19)11-5-3-4-6-17-11/h3-6,12-13H,7-10H2,1-2H3,(H,21,22). The number of piperazine rings is 1. The number of anilines is 1. The van der Waals surface area contributed by atoms with Gasteiger partial charge in [0.1, 0.15) is 5.82 Å². The fourth-order valence-electron chi connectivity index (χ4n) is 3.45. The normalized spacial score (nSPS) is 26.6. The van der Waals surface area contributed by atoms with Gasteiger partial charge in [-0.25, -0.2) is 4.98 Å². The lowest BCUT2D eigenvalue weighted by atomic mass is 10.1. The second-order valence-corrected chi connectivity index (χ2v) is 6.62. The molecule has 1 amide bonds. The van der Waals surface area contributed by atoms with Crippen LogP contribution in [0.2, 0.25) is 0 Å². The van der Waals surface area contributed by atoms with Crippen molar-refractivity contribution in [2.75, 3.05) is 31.1 Å². The molecular formula is C16H21N3O3. The van der Waals surface area contributed by atoms with Crippen molar-refractivity contribution in [3.8, 4) is 0 Å². The molecule has 6 heteroatoms. The highest BCUT2D eigenvalue weighted by Gasteiger charge is 2.66. The molecule has 2 fully saturated rings. The Morgan fingerprint density at radius 3 is 2.36 bits per heavy atom. The van der Waals surface area contributed by atoms with Crippen molar-refractivity contribution in [2.24, 2.45) is 17.3 Å². The van der Waals surface area contributed by atoms with E-state index < -0.39 is 17.3 Å². The predicted molar refractivity (Wildman–Crippen MR) is 81.4 cm³/mol. The van der Waals surface area contributed by atoms with E-state index in [1.165, 1.54) is 0 Å². The van der Waals surface area contributed by atoms with Crippen molar-refractivity contribution in [2.45, 2.75) is 13.8 Å².